The van der Waals surface area contributed by atoms with Gasteiger partial charge in [-0.2, -0.15) is 0 Å². The highest BCUT2D eigenvalue weighted by molar-refractivity contribution is 7.80. The summed E-state index contributed by atoms with van der Waals surface area (Å²) in [7, 11) is 1.65. The highest BCUT2D eigenvalue weighted by Gasteiger charge is 2.26. The Labute approximate surface area is 84.9 Å². The molecule has 0 radical (unpaired) electrons. The van der Waals surface area contributed by atoms with Crippen LogP contribution in [0.3, 0.4) is 0 Å². The van der Waals surface area contributed by atoms with Crippen LogP contribution in [-0.2, 0) is 0 Å². The van der Waals surface area contributed by atoms with Crippen LogP contribution in [0.1, 0.15) is 20.8 Å². The largest absolute Gasteiger partial charge is 0.392 e. The van der Waals surface area contributed by atoms with E-state index in [0.29, 0.717) is 10.7 Å². The van der Waals surface area contributed by atoms with Gasteiger partial charge in [-0.25, -0.2) is 0 Å². The normalized spacial score (nSPS) is 14.5. The number of nitrogens with zero attached hydrogens (tertiary/aromatic N) is 1. The molecule has 74 valence electrons. The molecule has 0 aliphatic heterocycles. The molecule has 0 saturated carbocycles. The predicted octanol–water partition coefficient (Wildman–Crippen LogP) is 1.66. The van der Waals surface area contributed by atoms with E-state index >= 15 is 0 Å². The summed E-state index contributed by atoms with van der Waals surface area (Å²) >= 11 is 4.87. The van der Waals surface area contributed by atoms with Gasteiger partial charge in [-0.3, -0.25) is 4.99 Å². The van der Waals surface area contributed by atoms with Gasteiger partial charge in [0.1, 0.15) is 0 Å². The summed E-state index contributed by atoms with van der Waals surface area (Å²) in [4.78, 5) is 4.17. The molecule has 0 aromatic carbocycles. The lowest BCUT2D eigenvalue weighted by Gasteiger charge is -2.24. The van der Waals surface area contributed by atoms with Crippen molar-refractivity contribution in [2.45, 2.75) is 20.8 Å². The fraction of sp³-hybridized carbons (Fsp3) is 0.667. The molecule has 1 unspecified atom stereocenters. The molecule has 4 heteroatoms. The number of hydrogen-bond donors (Lipinski definition) is 2. The first-order chi connectivity index (χ1) is 5.80. The minimum atomic E-state index is -0.306. The van der Waals surface area contributed by atoms with E-state index in [4.69, 9.17) is 23.4 Å². The molecule has 0 aromatic rings. The molecule has 0 aliphatic carbocycles. The zero-order chi connectivity index (χ0) is 10.6. The molecular formula is C9H17N3S. The maximum Gasteiger partial charge on any atom is 0.0870 e. The summed E-state index contributed by atoms with van der Waals surface area (Å²) in [5.74, 6) is -0.306. The van der Waals surface area contributed by atoms with Crippen molar-refractivity contribution in [3.63, 3.8) is 0 Å². The van der Waals surface area contributed by atoms with E-state index in [-0.39, 0.29) is 11.3 Å². The van der Waals surface area contributed by atoms with Gasteiger partial charge in [0.25, 0.3) is 0 Å². The Bertz CT molecular complexity index is 238. The Morgan fingerprint density at radius 3 is 2.23 bits per heavy atom. The molecule has 0 saturated heterocycles. The van der Waals surface area contributed by atoms with E-state index in [1.165, 1.54) is 0 Å². The first kappa shape index (κ1) is 12.2. The topological polar surface area (TPSA) is 62.2 Å². The zero-order valence-corrected chi connectivity index (χ0v) is 9.40. The van der Waals surface area contributed by atoms with Gasteiger partial charge in [-0.1, -0.05) is 33.0 Å². The number of rotatable bonds is 3. The number of nitrogens with two attached hydrogens (primary N) is 1. The van der Waals surface area contributed by atoms with Crippen molar-refractivity contribution in [2.24, 2.45) is 22.1 Å². The second kappa shape index (κ2) is 4.46. The van der Waals surface area contributed by atoms with Gasteiger partial charge < -0.3 is 11.1 Å². The van der Waals surface area contributed by atoms with Crippen molar-refractivity contribution < 1.29 is 0 Å². The van der Waals surface area contributed by atoms with E-state index in [1.54, 1.807) is 13.3 Å². The van der Waals surface area contributed by atoms with Gasteiger partial charge in [0.15, 0.2) is 0 Å². The lowest BCUT2D eigenvalue weighted by molar-refractivity contribution is 0.574. The Morgan fingerprint density at radius 2 is 2.00 bits per heavy atom. The van der Waals surface area contributed by atoms with Crippen LogP contribution in [0.15, 0.2) is 4.99 Å². The summed E-state index contributed by atoms with van der Waals surface area (Å²) in [6.45, 7) is 5.89. The third-order valence-corrected chi connectivity index (χ3v) is 1.98. The zero-order valence-electron chi connectivity index (χ0n) is 8.59. The fourth-order valence-corrected chi connectivity index (χ4v) is 1.08. The van der Waals surface area contributed by atoms with Crippen LogP contribution in [0.2, 0.25) is 0 Å². The van der Waals surface area contributed by atoms with E-state index in [1.807, 2.05) is 20.8 Å². The van der Waals surface area contributed by atoms with Crippen molar-refractivity contribution in [1.29, 1.82) is 5.41 Å². The lowest BCUT2D eigenvalue weighted by Crippen LogP contribution is -2.36. The molecule has 0 rings (SSSR count). The second-order valence-corrected chi connectivity index (χ2v) is 4.42. The van der Waals surface area contributed by atoms with Gasteiger partial charge in [0, 0.05) is 24.4 Å². The van der Waals surface area contributed by atoms with Gasteiger partial charge in [0.2, 0.25) is 0 Å². The smallest absolute Gasteiger partial charge is 0.0870 e. The van der Waals surface area contributed by atoms with E-state index in [0.717, 1.165) is 0 Å². The first-order valence-corrected chi connectivity index (χ1v) is 4.52. The number of hydrogen-bond acceptors (Lipinski definition) is 3. The molecule has 0 aromatic heterocycles. The van der Waals surface area contributed by atoms with Crippen LogP contribution < -0.4 is 5.73 Å². The Kier molecular flexibility index (Phi) is 4.20. The molecule has 3 nitrogen and oxygen atoms in total. The SMILES string of the molecule is CN=CC(C(=N)C(C)(C)C)C(N)=S. The average Bonchev–Trinajstić information content (AvgIpc) is 1.96. The predicted molar refractivity (Wildman–Crippen MR) is 61.9 cm³/mol. The van der Waals surface area contributed by atoms with Crippen molar-refractivity contribution >= 4 is 29.1 Å². The molecule has 0 fully saturated rings. The summed E-state index contributed by atoms with van der Waals surface area (Å²) in [6, 6.07) is 0. The monoisotopic (exact) mass is 199 g/mol. The van der Waals surface area contributed by atoms with E-state index in [9.17, 15) is 0 Å². The molecule has 0 heterocycles. The van der Waals surface area contributed by atoms with E-state index < -0.39 is 0 Å². The molecule has 3 N–H and O–H groups in total. The maximum atomic E-state index is 7.87. The first-order valence-electron chi connectivity index (χ1n) is 4.11. The standard InChI is InChI=1S/C9H17N3S/c1-9(2,3)7(10)6(5-12-4)8(11)13/h5-6,10H,1-4H3,(H2,11,13). The van der Waals surface area contributed by atoms with Crippen LogP contribution >= 0.6 is 12.2 Å². The maximum absolute atomic E-state index is 7.87. The van der Waals surface area contributed by atoms with Gasteiger partial charge in [-0.15, -0.1) is 0 Å². The quantitative estimate of drug-likeness (QED) is 0.536. The fourth-order valence-electron chi connectivity index (χ4n) is 0.906. The van der Waals surface area contributed by atoms with Crippen LogP contribution in [-0.4, -0.2) is 24.0 Å². The van der Waals surface area contributed by atoms with Crippen molar-refractivity contribution in [3.05, 3.63) is 0 Å². The van der Waals surface area contributed by atoms with Gasteiger partial charge >= 0.3 is 0 Å². The molecular weight excluding hydrogens is 182 g/mol. The molecule has 0 amide bonds. The summed E-state index contributed by atoms with van der Waals surface area (Å²) in [5, 5.41) is 7.87. The van der Waals surface area contributed by atoms with Crippen molar-refractivity contribution in [1.82, 2.24) is 0 Å². The van der Waals surface area contributed by atoms with Gasteiger partial charge in [-0.05, 0) is 0 Å². The molecule has 0 spiro atoms. The molecule has 13 heavy (non-hydrogen) atoms. The lowest BCUT2D eigenvalue weighted by atomic mass is 9.82. The Balaban J connectivity index is 4.77. The van der Waals surface area contributed by atoms with Gasteiger partial charge in [0.05, 0.1) is 10.9 Å². The molecule has 1 atom stereocenters. The highest BCUT2D eigenvalue weighted by atomic mass is 32.1. The molecule has 0 aliphatic rings. The number of thiocarbonyl (C=S) groups is 1. The summed E-state index contributed by atoms with van der Waals surface area (Å²) in [6.07, 6.45) is 1.62. The van der Waals surface area contributed by atoms with Crippen molar-refractivity contribution in [2.75, 3.05) is 7.05 Å². The third-order valence-electron chi connectivity index (χ3n) is 1.72. The summed E-state index contributed by atoms with van der Waals surface area (Å²) in [5.41, 5.74) is 5.81. The van der Waals surface area contributed by atoms with E-state index in [2.05, 4.69) is 4.99 Å². The van der Waals surface area contributed by atoms with Crippen LogP contribution in [0.25, 0.3) is 0 Å². The van der Waals surface area contributed by atoms with Crippen LogP contribution in [0.5, 0.6) is 0 Å². The molecule has 0 bridgehead atoms. The third kappa shape index (κ3) is 3.63. The Morgan fingerprint density at radius 1 is 1.54 bits per heavy atom. The minimum Gasteiger partial charge on any atom is -0.392 e. The number of nitrogens with one attached hydrogen (secondary N) is 1. The minimum absolute atomic E-state index is 0.213. The van der Waals surface area contributed by atoms with Crippen LogP contribution in [0.4, 0.5) is 0 Å². The van der Waals surface area contributed by atoms with Crippen LogP contribution in [0, 0.1) is 16.7 Å². The average molecular weight is 199 g/mol. The highest BCUT2D eigenvalue weighted by Crippen LogP contribution is 2.20. The second-order valence-electron chi connectivity index (χ2n) is 3.95. The number of aliphatic imine (C=N–C) groups is 1. The van der Waals surface area contributed by atoms with Crippen molar-refractivity contribution in [3.8, 4) is 0 Å². The Hall–Kier alpha value is -0.770. The summed E-state index contributed by atoms with van der Waals surface area (Å²) < 4.78 is 0.